The number of nitrogens with zero attached hydrogens (tertiary/aromatic N) is 1. The summed E-state index contributed by atoms with van der Waals surface area (Å²) in [7, 11) is 0. The van der Waals surface area contributed by atoms with E-state index in [9.17, 15) is 17.6 Å². The van der Waals surface area contributed by atoms with E-state index >= 15 is 0 Å². The molecule has 0 bridgehead atoms. The lowest BCUT2D eigenvalue weighted by molar-refractivity contribution is -0.137. The number of hydrogen-bond acceptors (Lipinski definition) is 3. The first kappa shape index (κ1) is 11.8. The van der Waals surface area contributed by atoms with Gasteiger partial charge in [-0.2, -0.15) is 13.2 Å². The Bertz CT molecular complexity index is 549. The first-order valence-electron chi connectivity index (χ1n) is 4.40. The van der Waals surface area contributed by atoms with Gasteiger partial charge in [-0.15, -0.1) is 11.3 Å². The standard InChI is InChI=1S/C10H5F4NOS/c11-6-3-5(1-2-7(6)16)8-4-15-9(17-8)10(12,13)14/h1-4,16H. The van der Waals surface area contributed by atoms with E-state index in [1.807, 2.05) is 0 Å². The van der Waals surface area contributed by atoms with E-state index in [1.165, 1.54) is 6.07 Å². The number of rotatable bonds is 1. The van der Waals surface area contributed by atoms with E-state index in [1.54, 1.807) is 0 Å². The van der Waals surface area contributed by atoms with Gasteiger partial charge in [-0.05, 0) is 23.8 Å². The Labute approximate surface area is 97.2 Å². The number of thiazole rings is 1. The van der Waals surface area contributed by atoms with Gasteiger partial charge in [-0.3, -0.25) is 0 Å². The molecule has 2 rings (SSSR count). The first-order valence-corrected chi connectivity index (χ1v) is 5.21. The molecule has 2 nitrogen and oxygen atoms in total. The second-order valence-corrected chi connectivity index (χ2v) is 4.22. The molecule has 0 saturated heterocycles. The number of hydrogen-bond donors (Lipinski definition) is 1. The van der Waals surface area contributed by atoms with Crippen LogP contribution in [0.15, 0.2) is 24.4 Å². The quantitative estimate of drug-likeness (QED) is 0.796. The Morgan fingerprint density at radius 3 is 2.47 bits per heavy atom. The smallest absolute Gasteiger partial charge is 0.443 e. The molecule has 0 aliphatic carbocycles. The fraction of sp³-hybridized carbons (Fsp3) is 0.100. The van der Waals surface area contributed by atoms with Crippen LogP contribution in [-0.4, -0.2) is 10.1 Å². The molecule has 17 heavy (non-hydrogen) atoms. The van der Waals surface area contributed by atoms with Crippen LogP contribution in [0, 0.1) is 5.82 Å². The molecule has 0 radical (unpaired) electrons. The van der Waals surface area contributed by atoms with E-state index in [0.717, 1.165) is 18.3 Å². The van der Waals surface area contributed by atoms with Crippen molar-refractivity contribution >= 4 is 11.3 Å². The monoisotopic (exact) mass is 263 g/mol. The molecule has 2 aromatic rings. The number of benzene rings is 1. The van der Waals surface area contributed by atoms with Crippen LogP contribution < -0.4 is 0 Å². The van der Waals surface area contributed by atoms with E-state index in [4.69, 9.17) is 5.11 Å². The molecule has 7 heteroatoms. The average molecular weight is 263 g/mol. The van der Waals surface area contributed by atoms with Gasteiger partial charge >= 0.3 is 6.18 Å². The van der Waals surface area contributed by atoms with Crippen LogP contribution in [0.25, 0.3) is 10.4 Å². The largest absolute Gasteiger partial charge is 0.505 e. The summed E-state index contributed by atoms with van der Waals surface area (Å²) in [6, 6.07) is 3.37. The molecule has 1 heterocycles. The number of alkyl halides is 3. The molecule has 0 saturated carbocycles. The number of phenolic OH excluding ortho intramolecular Hbond substituents is 1. The SMILES string of the molecule is Oc1ccc(-c2cnc(C(F)(F)F)s2)cc1F. The lowest BCUT2D eigenvalue weighted by Gasteiger charge is -2.00. The van der Waals surface area contributed by atoms with Gasteiger partial charge < -0.3 is 5.11 Å². The van der Waals surface area contributed by atoms with Gasteiger partial charge in [0.1, 0.15) is 0 Å². The zero-order valence-corrected chi connectivity index (χ0v) is 8.94. The van der Waals surface area contributed by atoms with Crippen molar-refractivity contribution in [3.63, 3.8) is 0 Å². The van der Waals surface area contributed by atoms with E-state index < -0.39 is 22.8 Å². The van der Waals surface area contributed by atoms with Crippen molar-refractivity contribution < 1.29 is 22.7 Å². The highest BCUT2D eigenvalue weighted by Gasteiger charge is 2.34. The minimum atomic E-state index is -4.50. The van der Waals surface area contributed by atoms with Crippen LogP contribution >= 0.6 is 11.3 Å². The predicted molar refractivity (Wildman–Crippen MR) is 54.2 cm³/mol. The molecule has 0 unspecified atom stereocenters. The third-order valence-electron chi connectivity index (χ3n) is 1.98. The Balaban J connectivity index is 2.40. The average Bonchev–Trinajstić information content (AvgIpc) is 2.70. The van der Waals surface area contributed by atoms with E-state index in [-0.39, 0.29) is 10.4 Å². The molecule has 1 N–H and O–H groups in total. The summed E-state index contributed by atoms with van der Waals surface area (Å²) in [4.78, 5) is 3.42. The van der Waals surface area contributed by atoms with Gasteiger partial charge in [0, 0.05) is 6.20 Å². The van der Waals surface area contributed by atoms with Crippen molar-refractivity contribution in [2.75, 3.05) is 0 Å². The third kappa shape index (κ3) is 2.38. The highest BCUT2D eigenvalue weighted by Crippen LogP contribution is 2.36. The molecule has 0 aliphatic heterocycles. The number of aromatic hydroxyl groups is 1. The minimum absolute atomic E-state index is 0.191. The van der Waals surface area contributed by atoms with Crippen molar-refractivity contribution in [3.8, 4) is 16.2 Å². The van der Waals surface area contributed by atoms with Crippen LogP contribution in [0.3, 0.4) is 0 Å². The Kier molecular flexibility index (Phi) is 2.78. The Hall–Kier alpha value is -1.63. The van der Waals surface area contributed by atoms with Crippen molar-refractivity contribution in [3.05, 3.63) is 35.2 Å². The maximum absolute atomic E-state index is 13.0. The van der Waals surface area contributed by atoms with Gasteiger partial charge in [0.15, 0.2) is 16.6 Å². The molecule has 0 spiro atoms. The van der Waals surface area contributed by atoms with Crippen molar-refractivity contribution in [2.24, 2.45) is 0 Å². The molecule has 0 amide bonds. The van der Waals surface area contributed by atoms with Gasteiger partial charge in [0.25, 0.3) is 0 Å². The molecule has 0 fully saturated rings. The summed E-state index contributed by atoms with van der Waals surface area (Å²) < 4.78 is 49.9. The molecular formula is C10H5F4NOS. The highest BCUT2D eigenvalue weighted by atomic mass is 32.1. The predicted octanol–water partition coefficient (Wildman–Crippen LogP) is 3.67. The minimum Gasteiger partial charge on any atom is -0.505 e. The van der Waals surface area contributed by atoms with Gasteiger partial charge in [0.2, 0.25) is 0 Å². The summed E-state index contributed by atoms with van der Waals surface area (Å²) in [6.45, 7) is 0. The molecular weight excluding hydrogens is 258 g/mol. The van der Waals surface area contributed by atoms with Crippen LogP contribution in [-0.2, 0) is 6.18 Å². The molecule has 0 atom stereocenters. The zero-order valence-electron chi connectivity index (χ0n) is 8.12. The fourth-order valence-corrected chi connectivity index (χ4v) is 1.98. The van der Waals surface area contributed by atoms with Crippen LogP contribution in [0.1, 0.15) is 5.01 Å². The molecule has 0 aliphatic rings. The second-order valence-electron chi connectivity index (χ2n) is 3.19. The van der Waals surface area contributed by atoms with Crippen molar-refractivity contribution in [1.82, 2.24) is 4.98 Å². The zero-order chi connectivity index (χ0) is 12.6. The van der Waals surface area contributed by atoms with Crippen LogP contribution in [0.5, 0.6) is 5.75 Å². The maximum atomic E-state index is 13.0. The van der Waals surface area contributed by atoms with E-state index in [2.05, 4.69) is 4.98 Å². The molecule has 1 aromatic heterocycles. The maximum Gasteiger partial charge on any atom is 0.443 e. The Morgan fingerprint density at radius 2 is 1.94 bits per heavy atom. The van der Waals surface area contributed by atoms with Gasteiger partial charge in [-0.25, -0.2) is 9.37 Å². The van der Waals surface area contributed by atoms with Crippen LogP contribution in [0.4, 0.5) is 17.6 Å². The second kappa shape index (κ2) is 3.99. The van der Waals surface area contributed by atoms with Gasteiger partial charge in [-0.1, -0.05) is 0 Å². The summed E-state index contributed by atoms with van der Waals surface area (Å²) in [5, 5.41) is 7.97. The van der Waals surface area contributed by atoms with Gasteiger partial charge in [0.05, 0.1) is 4.88 Å². The van der Waals surface area contributed by atoms with Crippen LogP contribution in [0.2, 0.25) is 0 Å². The lowest BCUT2D eigenvalue weighted by atomic mass is 10.2. The first-order chi connectivity index (χ1) is 7.88. The number of phenols is 1. The fourth-order valence-electron chi connectivity index (χ4n) is 1.20. The lowest BCUT2D eigenvalue weighted by Crippen LogP contribution is -2.02. The molecule has 1 aromatic carbocycles. The summed E-state index contributed by atoms with van der Waals surface area (Å²) in [6.07, 6.45) is -3.47. The van der Waals surface area contributed by atoms with E-state index in [0.29, 0.717) is 11.3 Å². The number of aromatic nitrogens is 1. The summed E-state index contributed by atoms with van der Waals surface area (Å²) in [5.41, 5.74) is 0.244. The number of halogens is 4. The summed E-state index contributed by atoms with van der Waals surface area (Å²) in [5.74, 6) is -1.43. The normalized spacial score (nSPS) is 11.8. The molecule has 90 valence electrons. The van der Waals surface area contributed by atoms with Crippen molar-refractivity contribution in [2.45, 2.75) is 6.18 Å². The topological polar surface area (TPSA) is 33.1 Å². The summed E-state index contributed by atoms with van der Waals surface area (Å²) >= 11 is 0.423. The Morgan fingerprint density at radius 1 is 1.24 bits per heavy atom. The highest BCUT2D eigenvalue weighted by molar-refractivity contribution is 7.15. The van der Waals surface area contributed by atoms with Crippen molar-refractivity contribution in [1.29, 1.82) is 0 Å². The third-order valence-corrected chi connectivity index (χ3v) is 3.07.